The Balaban J connectivity index is 1.79. The molecule has 3 nitrogen and oxygen atoms in total. The fourth-order valence-corrected chi connectivity index (χ4v) is 4.73. The minimum absolute atomic E-state index is 0.0317. The van der Waals surface area contributed by atoms with Crippen molar-refractivity contribution in [2.45, 2.75) is 64.2 Å². The predicted molar refractivity (Wildman–Crippen MR) is 116 cm³/mol. The van der Waals surface area contributed by atoms with Gasteiger partial charge < -0.3 is 5.11 Å². The van der Waals surface area contributed by atoms with Crippen LogP contribution in [-0.2, 0) is 17.3 Å². The number of fused-ring (bicyclic) bond motifs is 2. The maximum atomic E-state index is 13.3. The van der Waals surface area contributed by atoms with E-state index in [2.05, 4.69) is 39.8 Å². The molecule has 2 aliphatic carbocycles. The average molecular weight is 389 g/mol. The average Bonchev–Trinajstić information content (AvgIpc) is 2.69. The molecule has 2 aromatic rings. The minimum Gasteiger partial charge on any atom is -0.478 e. The number of hydrogen-bond acceptors (Lipinski definition) is 2. The molecule has 0 atom stereocenters. The summed E-state index contributed by atoms with van der Waals surface area (Å²) >= 11 is 0. The van der Waals surface area contributed by atoms with Gasteiger partial charge in [0.05, 0.1) is 5.56 Å². The topological polar surface area (TPSA) is 54.4 Å². The molecule has 0 saturated heterocycles. The van der Waals surface area contributed by atoms with Crippen LogP contribution in [0.15, 0.2) is 42.5 Å². The molecule has 0 aliphatic heterocycles. The Hall–Kier alpha value is -2.68. The van der Waals surface area contributed by atoms with Crippen molar-refractivity contribution in [3.8, 4) is 0 Å². The number of carbonyl (C=O) groups excluding carboxylic acids is 1. The molecule has 150 valence electrons. The third-order valence-electron chi connectivity index (χ3n) is 6.77. The normalized spacial score (nSPS) is 19.0. The summed E-state index contributed by atoms with van der Waals surface area (Å²) in [6.07, 6.45) is 6.15. The molecule has 29 heavy (non-hydrogen) atoms. The second-order valence-corrected chi connectivity index (χ2v) is 9.69. The van der Waals surface area contributed by atoms with Crippen molar-refractivity contribution >= 4 is 17.3 Å². The van der Waals surface area contributed by atoms with Crippen molar-refractivity contribution in [1.82, 2.24) is 0 Å². The second-order valence-electron chi connectivity index (χ2n) is 9.69. The Bertz CT molecular complexity index is 1040. The smallest absolute Gasteiger partial charge is 0.335 e. The van der Waals surface area contributed by atoms with Crippen molar-refractivity contribution in [1.29, 1.82) is 0 Å². The molecule has 1 N–H and O–H groups in total. The largest absolute Gasteiger partial charge is 0.478 e. The van der Waals surface area contributed by atoms with Gasteiger partial charge in [0.25, 0.3) is 0 Å². The van der Waals surface area contributed by atoms with E-state index in [0.29, 0.717) is 5.56 Å². The summed E-state index contributed by atoms with van der Waals surface area (Å²) in [7, 11) is 0. The van der Waals surface area contributed by atoms with Crippen LogP contribution in [0.4, 0.5) is 0 Å². The first-order valence-electron chi connectivity index (χ1n) is 10.4. The van der Waals surface area contributed by atoms with Gasteiger partial charge in [-0.15, -0.1) is 0 Å². The summed E-state index contributed by atoms with van der Waals surface area (Å²) in [5.74, 6) is -1.02. The number of aryl methyl sites for hydroxylation is 1. The first-order chi connectivity index (χ1) is 13.6. The summed E-state index contributed by atoms with van der Waals surface area (Å²) in [6, 6.07) is 10.8. The van der Waals surface area contributed by atoms with Crippen LogP contribution in [0.5, 0.6) is 0 Å². The van der Waals surface area contributed by atoms with Crippen molar-refractivity contribution < 1.29 is 14.7 Å². The maximum absolute atomic E-state index is 13.3. The number of ketones is 1. The van der Waals surface area contributed by atoms with Crippen LogP contribution < -0.4 is 0 Å². The molecule has 0 fully saturated rings. The highest BCUT2D eigenvalue weighted by Gasteiger charge is 2.38. The summed E-state index contributed by atoms with van der Waals surface area (Å²) in [4.78, 5) is 24.4. The van der Waals surface area contributed by atoms with Gasteiger partial charge in [-0.1, -0.05) is 52.0 Å². The molecular formula is C26H28O3. The van der Waals surface area contributed by atoms with E-state index in [1.165, 1.54) is 35.2 Å². The molecule has 0 heterocycles. The number of benzene rings is 2. The summed E-state index contributed by atoms with van der Waals surface area (Å²) in [5.41, 5.74) is 6.80. The molecule has 3 heteroatoms. The van der Waals surface area contributed by atoms with Gasteiger partial charge in [0.1, 0.15) is 0 Å². The Morgan fingerprint density at radius 3 is 2.00 bits per heavy atom. The van der Waals surface area contributed by atoms with Crippen LogP contribution in [-0.4, -0.2) is 16.9 Å². The number of rotatable bonds is 3. The number of carboxylic acid groups (broad SMARTS) is 1. The van der Waals surface area contributed by atoms with Crippen LogP contribution in [0.2, 0.25) is 0 Å². The van der Waals surface area contributed by atoms with E-state index in [1.807, 2.05) is 6.08 Å². The zero-order valence-electron chi connectivity index (χ0n) is 17.6. The van der Waals surface area contributed by atoms with Gasteiger partial charge in [0.2, 0.25) is 0 Å². The van der Waals surface area contributed by atoms with Crippen molar-refractivity contribution in [2.75, 3.05) is 0 Å². The van der Waals surface area contributed by atoms with E-state index < -0.39 is 5.97 Å². The van der Waals surface area contributed by atoms with E-state index in [0.717, 1.165) is 30.4 Å². The Morgan fingerprint density at radius 2 is 1.41 bits per heavy atom. The molecule has 0 saturated carbocycles. The Morgan fingerprint density at radius 1 is 0.862 bits per heavy atom. The van der Waals surface area contributed by atoms with Crippen LogP contribution in [0.3, 0.4) is 0 Å². The molecule has 2 aromatic carbocycles. The number of Topliss-reactive ketones (excluding diaryl/α,β-unsaturated/α-hetero) is 1. The fourth-order valence-electron chi connectivity index (χ4n) is 4.73. The SMILES string of the molecule is CC1(C)CCC(C)(C)c2cc3c(cc21)CCC=C3C(=O)c1ccc(C(=O)O)cc1. The number of aromatic carboxylic acids is 1. The molecule has 0 unspecified atom stereocenters. The number of carbonyl (C=O) groups is 2. The van der Waals surface area contributed by atoms with E-state index in [9.17, 15) is 9.59 Å². The number of allylic oxidation sites excluding steroid dienone is 2. The van der Waals surface area contributed by atoms with Crippen LogP contribution in [0, 0.1) is 0 Å². The molecular weight excluding hydrogens is 360 g/mol. The highest BCUT2D eigenvalue weighted by atomic mass is 16.4. The predicted octanol–water partition coefficient (Wildman–Crippen LogP) is 5.95. The lowest BCUT2D eigenvalue weighted by Crippen LogP contribution is -2.34. The lowest BCUT2D eigenvalue weighted by Gasteiger charge is -2.43. The van der Waals surface area contributed by atoms with Crippen molar-refractivity contribution in [2.24, 2.45) is 0 Å². The van der Waals surface area contributed by atoms with E-state index in [1.54, 1.807) is 12.1 Å². The van der Waals surface area contributed by atoms with Crippen LogP contribution in [0.25, 0.3) is 5.57 Å². The van der Waals surface area contributed by atoms with E-state index in [4.69, 9.17) is 5.11 Å². The van der Waals surface area contributed by atoms with Crippen molar-refractivity contribution in [3.05, 3.63) is 75.9 Å². The monoisotopic (exact) mass is 388 g/mol. The lowest BCUT2D eigenvalue weighted by molar-refractivity contribution is 0.0696. The third-order valence-corrected chi connectivity index (χ3v) is 6.77. The second kappa shape index (κ2) is 6.69. The molecule has 0 bridgehead atoms. The van der Waals surface area contributed by atoms with Crippen molar-refractivity contribution in [3.63, 3.8) is 0 Å². The number of carboxylic acids is 1. The molecule has 0 radical (unpaired) electrons. The molecule has 2 aliphatic rings. The van der Waals surface area contributed by atoms with Crippen LogP contribution >= 0.6 is 0 Å². The molecule has 0 aromatic heterocycles. The molecule has 4 rings (SSSR count). The standard InChI is InChI=1S/C26H28O3/c1-25(2)12-13-26(3,4)22-15-20-18(14-21(22)25)6-5-7-19(20)23(27)16-8-10-17(11-9-16)24(28)29/h7-11,14-15H,5-6,12-13H2,1-4H3,(H,28,29). The van der Waals surface area contributed by atoms with Gasteiger partial charge >= 0.3 is 5.97 Å². The summed E-state index contributed by atoms with van der Waals surface area (Å²) < 4.78 is 0. The van der Waals surface area contributed by atoms with Gasteiger partial charge in [0.15, 0.2) is 5.78 Å². The minimum atomic E-state index is -0.984. The number of hydrogen-bond donors (Lipinski definition) is 1. The summed E-state index contributed by atoms with van der Waals surface area (Å²) in [5, 5.41) is 9.10. The fraction of sp³-hybridized carbons (Fsp3) is 0.385. The lowest BCUT2D eigenvalue weighted by atomic mass is 9.62. The van der Waals surface area contributed by atoms with Gasteiger partial charge in [0, 0.05) is 11.1 Å². The third kappa shape index (κ3) is 3.33. The quantitative estimate of drug-likeness (QED) is 0.661. The van der Waals surface area contributed by atoms with Gasteiger partial charge in [-0.2, -0.15) is 0 Å². The Labute approximate surface area is 172 Å². The molecule has 0 amide bonds. The zero-order chi connectivity index (χ0) is 21.0. The highest BCUT2D eigenvalue weighted by molar-refractivity contribution is 6.29. The highest BCUT2D eigenvalue weighted by Crippen LogP contribution is 2.48. The summed E-state index contributed by atoms with van der Waals surface area (Å²) in [6.45, 7) is 9.24. The van der Waals surface area contributed by atoms with Gasteiger partial charge in [-0.05, 0) is 77.0 Å². The first kappa shape index (κ1) is 19.6. The first-order valence-corrected chi connectivity index (χ1v) is 10.4. The van der Waals surface area contributed by atoms with Gasteiger partial charge in [-0.25, -0.2) is 4.79 Å². The van der Waals surface area contributed by atoms with Gasteiger partial charge in [-0.3, -0.25) is 4.79 Å². The maximum Gasteiger partial charge on any atom is 0.335 e. The van der Waals surface area contributed by atoms with E-state index in [-0.39, 0.29) is 22.2 Å². The zero-order valence-corrected chi connectivity index (χ0v) is 17.6. The van der Waals surface area contributed by atoms with Crippen LogP contribution in [0.1, 0.15) is 89.9 Å². The van der Waals surface area contributed by atoms with E-state index >= 15 is 0 Å². The Kier molecular flexibility index (Phi) is 4.53. The molecule has 0 spiro atoms.